The molecule has 0 aromatic heterocycles. The van der Waals surface area contributed by atoms with Crippen LogP contribution < -0.4 is 22.1 Å². The molecule has 192 valence electrons. The minimum atomic E-state index is -1.03. The summed E-state index contributed by atoms with van der Waals surface area (Å²) in [5, 5.41) is 24.3. The molecule has 0 bridgehead atoms. The lowest BCUT2D eigenvalue weighted by atomic mass is 9.82. The average Bonchev–Trinajstić information content (AvgIpc) is 2.86. The summed E-state index contributed by atoms with van der Waals surface area (Å²) in [4.78, 5) is 48.6. The Labute approximate surface area is 209 Å². The number of carboxylic acids is 2. The van der Waals surface area contributed by atoms with Crippen LogP contribution >= 0.6 is 0 Å². The number of carboxylic acid groups (broad SMARTS) is 2. The largest absolute Gasteiger partial charge is 0.480 e. The van der Waals surface area contributed by atoms with Crippen LogP contribution in [0.5, 0.6) is 0 Å². The number of fused-ring (bicyclic) bond motifs is 2. The van der Waals surface area contributed by atoms with Crippen molar-refractivity contribution in [1.29, 1.82) is 0 Å². The first-order chi connectivity index (χ1) is 17.2. The van der Waals surface area contributed by atoms with E-state index in [1.54, 1.807) is 36.4 Å². The molecular formula is C26H32N4O6. The molecule has 10 nitrogen and oxygen atoms in total. The molecule has 0 saturated heterocycles. The molecule has 0 fully saturated rings. The van der Waals surface area contributed by atoms with Gasteiger partial charge in [-0.2, -0.15) is 0 Å². The van der Waals surface area contributed by atoms with Crippen LogP contribution in [0.2, 0.25) is 0 Å². The van der Waals surface area contributed by atoms with Gasteiger partial charge in [-0.3, -0.25) is 19.2 Å². The molecule has 0 aliphatic heterocycles. The molecule has 8 N–H and O–H groups in total. The van der Waals surface area contributed by atoms with E-state index in [2.05, 4.69) is 10.6 Å². The Balaban J connectivity index is 1.75. The SMILES string of the molecule is NC(CCCCNc1ccc(NCCCCC(N)C(=O)O)c2c1C(=O)c1ccccc1C2=O)C(=O)O. The summed E-state index contributed by atoms with van der Waals surface area (Å²) in [5.41, 5.74) is 13.5. The lowest BCUT2D eigenvalue weighted by Crippen LogP contribution is -2.30. The molecule has 3 rings (SSSR count). The van der Waals surface area contributed by atoms with Crippen molar-refractivity contribution in [1.82, 2.24) is 0 Å². The highest BCUT2D eigenvalue weighted by atomic mass is 16.4. The third-order valence-corrected chi connectivity index (χ3v) is 6.22. The van der Waals surface area contributed by atoms with E-state index in [-0.39, 0.29) is 11.6 Å². The normalized spacial score (nSPS) is 13.9. The first kappa shape index (κ1) is 26.8. The highest BCUT2D eigenvalue weighted by Gasteiger charge is 2.33. The molecule has 10 heteroatoms. The van der Waals surface area contributed by atoms with Gasteiger partial charge < -0.3 is 32.3 Å². The van der Waals surface area contributed by atoms with E-state index in [0.29, 0.717) is 85.2 Å². The third-order valence-electron chi connectivity index (χ3n) is 6.22. The van der Waals surface area contributed by atoms with Crippen LogP contribution in [-0.2, 0) is 9.59 Å². The zero-order chi connectivity index (χ0) is 26.2. The summed E-state index contributed by atoms with van der Waals surface area (Å²) in [5.74, 6) is -2.56. The van der Waals surface area contributed by atoms with Gasteiger partial charge in [0.2, 0.25) is 0 Å². The van der Waals surface area contributed by atoms with Gasteiger partial charge in [-0.1, -0.05) is 24.3 Å². The van der Waals surface area contributed by atoms with Gasteiger partial charge in [-0.15, -0.1) is 0 Å². The van der Waals surface area contributed by atoms with Gasteiger partial charge >= 0.3 is 11.9 Å². The molecule has 0 amide bonds. The maximum Gasteiger partial charge on any atom is 0.320 e. The van der Waals surface area contributed by atoms with Crippen LogP contribution in [-0.4, -0.2) is 58.9 Å². The molecule has 2 aromatic rings. The first-order valence-corrected chi connectivity index (χ1v) is 12.0. The van der Waals surface area contributed by atoms with Crippen molar-refractivity contribution in [3.8, 4) is 0 Å². The van der Waals surface area contributed by atoms with Crippen molar-refractivity contribution in [3.63, 3.8) is 0 Å². The van der Waals surface area contributed by atoms with Crippen LogP contribution in [0.4, 0.5) is 11.4 Å². The van der Waals surface area contributed by atoms with Gasteiger partial charge in [-0.25, -0.2) is 0 Å². The number of nitrogens with one attached hydrogen (secondary N) is 2. The number of rotatable bonds is 14. The fourth-order valence-corrected chi connectivity index (χ4v) is 4.19. The Kier molecular flexibility index (Phi) is 9.15. The van der Waals surface area contributed by atoms with E-state index in [4.69, 9.17) is 21.7 Å². The fourth-order valence-electron chi connectivity index (χ4n) is 4.19. The van der Waals surface area contributed by atoms with Gasteiger partial charge in [0.05, 0.1) is 11.1 Å². The number of benzene rings is 2. The summed E-state index contributed by atoms with van der Waals surface area (Å²) < 4.78 is 0. The average molecular weight is 497 g/mol. The molecular weight excluding hydrogens is 464 g/mol. The van der Waals surface area contributed by atoms with Gasteiger partial charge in [0, 0.05) is 35.6 Å². The number of carbonyl (C=O) groups is 4. The zero-order valence-electron chi connectivity index (χ0n) is 20.0. The quantitative estimate of drug-likeness (QED) is 0.181. The van der Waals surface area contributed by atoms with Crippen molar-refractivity contribution in [3.05, 3.63) is 58.7 Å². The molecule has 36 heavy (non-hydrogen) atoms. The van der Waals surface area contributed by atoms with Gasteiger partial charge in [0.1, 0.15) is 12.1 Å². The molecule has 2 aromatic carbocycles. The van der Waals surface area contributed by atoms with E-state index in [9.17, 15) is 19.2 Å². The second-order valence-electron chi connectivity index (χ2n) is 8.85. The van der Waals surface area contributed by atoms with Crippen LogP contribution in [0.25, 0.3) is 0 Å². The molecule has 0 radical (unpaired) electrons. The molecule has 0 saturated carbocycles. The number of ketones is 2. The monoisotopic (exact) mass is 496 g/mol. The zero-order valence-corrected chi connectivity index (χ0v) is 20.0. The van der Waals surface area contributed by atoms with Crippen molar-refractivity contribution in [2.24, 2.45) is 11.5 Å². The minimum Gasteiger partial charge on any atom is -0.480 e. The maximum atomic E-state index is 13.4. The Morgan fingerprint density at radius 3 is 1.44 bits per heavy atom. The van der Waals surface area contributed by atoms with E-state index in [1.807, 2.05) is 0 Å². The topological polar surface area (TPSA) is 185 Å². The smallest absolute Gasteiger partial charge is 0.320 e. The van der Waals surface area contributed by atoms with Crippen LogP contribution in [0.1, 0.15) is 70.4 Å². The highest BCUT2D eigenvalue weighted by molar-refractivity contribution is 6.31. The van der Waals surface area contributed by atoms with E-state index >= 15 is 0 Å². The maximum absolute atomic E-state index is 13.4. The number of carbonyl (C=O) groups excluding carboxylic acids is 2. The van der Waals surface area contributed by atoms with Crippen LogP contribution in [0.3, 0.4) is 0 Å². The lowest BCUT2D eigenvalue weighted by Gasteiger charge is -2.24. The van der Waals surface area contributed by atoms with Crippen molar-refractivity contribution < 1.29 is 29.4 Å². The Hall–Kier alpha value is -3.76. The summed E-state index contributed by atoms with van der Waals surface area (Å²) in [6, 6.07) is 8.42. The number of unbranched alkanes of at least 4 members (excludes halogenated alkanes) is 2. The van der Waals surface area contributed by atoms with Crippen molar-refractivity contribution >= 4 is 34.9 Å². The number of nitrogens with two attached hydrogens (primary N) is 2. The summed E-state index contributed by atoms with van der Waals surface area (Å²) in [7, 11) is 0. The highest BCUT2D eigenvalue weighted by Crippen LogP contribution is 2.36. The van der Waals surface area contributed by atoms with E-state index in [1.165, 1.54) is 0 Å². The minimum absolute atomic E-state index is 0.244. The summed E-state index contributed by atoms with van der Waals surface area (Å²) in [6.07, 6.45) is 3.19. The first-order valence-electron chi connectivity index (χ1n) is 12.0. The second-order valence-corrected chi connectivity index (χ2v) is 8.85. The fraction of sp³-hybridized carbons (Fsp3) is 0.385. The molecule has 0 heterocycles. The molecule has 2 unspecified atom stereocenters. The number of hydrogen-bond donors (Lipinski definition) is 6. The Morgan fingerprint density at radius 1 is 0.694 bits per heavy atom. The third kappa shape index (κ3) is 6.27. The van der Waals surface area contributed by atoms with Crippen LogP contribution in [0.15, 0.2) is 36.4 Å². The summed E-state index contributed by atoms with van der Waals surface area (Å²) in [6.45, 7) is 0.969. The Bertz CT molecular complexity index is 1060. The second kappa shape index (κ2) is 12.3. The lowest BCUT2D eigenvalue weighted by molar-refractivity contribution is -0.139. The van der Waals surface area contributed by atoms with Gasteiger partial charge in [-0.05, 0) is 50.7 Å². The van der Waals surface area contributed by atoms with Crippen molar-refractivity contribution in [2.75, 3.05) is 23.7 Å². The van der Waals surface area contributed by atoms with Crippen molar-refractivity contribution in [2.45, 2.75) is 50.6 Å². The number of hydrogen-bond acceptors (Lipinski definition) is 8. The molecule has 0 spiro atoms. The van der Waals surface area contributed by atoms with Gasteiger partial charge in [0.15, 0.2) is 11.6 Å². The predicted molar refractivity (Wildman–Crippen MR) is 136 cm³/mol. The Morgan fingerprint density at radius 2 is 1.08 bits per heavy atom. The number of anilines is 2. The van der Waals surface area contributed by atoms with Crippen LogP contribution in [0, 0.1) is 0 Å². The van der Waals surface area contributed by atoms with Gasteiger partial charge in [0.25, 0.3) is 0 Å². The predicted octanol–water partition coefficient (Wildman–Crippen LogP) is 2.45. The summed E-state index contributed by atoms with van der Waals surface area (Å²) >= 11 is 0. The molecule has 1 aliphatic carbocycles. The molecule has 2 atom stereocenters. The van der Waals surface area contributed by atoms with E-state index < -0.39 is 24.0 Å². The number of aliphatic carboxylic acids is 2. The molecule has 1 aliphatic rings. The van der Waals surface area contributed by atoms with E-state index in [0.717, 1.165) is 0 Å². The standard InChI is InChI=1S/C26H32N4O6/c27-17(25(33)34)9-3-5-13-29-19-11-12-20(30-14-6-4-10-18(28)26(35)36)22-21(19)23(31)15-7-1-2-8-16(15)24(22)32/h1-2,7-8,11-12,17-18,29-30H,3-6,9-10,13-14,27-28H2,(H,33,34)(H,35,36).